The molecule has 1 aliphatic heterocycles. The fraction of sp³-hybridized carbons (Fsp3) is 0.273. The van der Waals surface area contributed by atoms with Crippen LogP contribution in [0.4, 0.5) is 0 Å². The van der Waals surface area contributed by atoms with Crippen molar-refractivity contribution in [3.8, 4) is 5.75 Å². The summed E-state index contributed by atoms with van der Waals surface area (Å²) < 4.78 is 8.53. The van der Waals surface area contributed by atoms with E-state index in [1.165, 1.54) is 5.56 Å². The summed E-state index contributed by atoms with van der Waals surface area (Å²) in [7, 11) is 0. The molecule has 2 aromatic carbocycles. The average Bonchev–Trinajstić information content (AvgIpc) is 2.70. The molecule has 1 aromatic heterocycles. The van der Waals surface area contributed by atoms with Gasteiger partial charge in [0, 0.05) is 23.2 Å². The molecule has 0 unspecified atom stereocenters. The van der Waals surface area contributed by atoms with Crippen LogP contribution in [0.5, 0.6) is 5.75 Å². The SMILES string of the molecule is CCCc1cc2c3c(c1)c(=S)c(C(=O)NCc1ccc(Cl)cc1)cn3CCO2. The second-order valence-corrected chi connectivity index (χ2v) is 7.81. The molecule has 0 bridgehead atoms. The highest BCUT2D eigenvalue weighted by Gasteiger charge is 2.19. The standard InChI is InChI=1S/C22H21ClN2O2S/c1-2-3-15-10-17-20-19(11-15)27-9-8-25(20)13-18(21(17)28)22(26)24-12-14-4-6-16(23)7-5-14/h4-7,10-11,13H,2-3,8-9,12H2,1H3,(H,24,26). The van der Waals surface area contributed by atoms with Crippen molar-refractivity contribution in [3.63, 3.8) is 0 Å². The van der Waals surface area contributed by atoms with Gasteiger partial charge < -0.3 is 14.6 Å². The fourth-order valence-corrected chi connectivity index (χ4v) is 4.00. The van der Waals surface area contributed by atoms with Gasteiger partial charge in [0.25, 0.3) is 5.91 Å². The van der Waals surface area contributed by atoms with Gasteiger partial charge in [0.1, 0.15) is 12.4 Å². The van der Waals surface area contributed by atoms with E-state index in [1.54, 1.807) is 0 Å². The van der Waals surface area contributed by atoms with E-state index in [4.69, 9.17) is 28.6 Å². The van der Waals surface area contributed by atoms with Gasteiger partial charge in [0.05, 0.1) is 22.1 Å². The van der Waals surface area contributed by atoms with Crippen molar-refractivity contribution >= 4 is 40.6 Å². The molecule has 6 heteroatoms. The Balaban J connectivity index is 1.71. The molecule has 4 rings (SSSR count). The lowest BCUT2D eigenvalue weighted by Gasteiger charge is -2.23. The Labute approximate surface area is 174 Å². The van der Waals surface area contributed by atoms with E-state index >= 15 is 0 Å². The number of carbonyl (C=O) groups is 1. The van der Waals surface area contributed by atoms with Crippen molar-refractivity contribution in [2.45, 2.75) is 32.9 Å². The van der Waals surface area contributed by atoms with Crippen molar-refractivity contribution in [1.82, 2.24) is 9.88 Å². The predicted molar refractivity (Wildman–Crippen MR) is 115 cm³/mol. The van der Waals surface area contributed by atoms with E-state index in [-0.39, 0.29) is 5.91 Å². The topological polar surface area (TPSA) is 43.3 Å². The highest BCUT2D eigenvalue weighted by Crippen LogP contribution is 2.33. The van der Waals surface area contributed by atoms with Gasteiger partial charge in [0.2, 0.25) is 0 Å². The first-order chi connectivity index (χ1) is 13.6. The second-order valence-electron chi connectivity index (χ2n) is 6.96. The average molecular weight is 413 g/mol. The number of halogens is 1. The molecule has 0 atom stereocenters. The fourth-order valence-electron chi connectivity index (χ4n) is 3.57. The molecule has 144 valence electrons. The third-order valence-corrected chi connectivity index (χ3v) is 5.63. The second kappa shape index (κ2) is 7.94. The number of rotatable bonds is 5. The first-order valence-corrected chi connectivity index (χ1v) is 10.2. The summed E-state index contributed by atoms with van der Waals surface area (Å²) in [6.45, 7) is 3.85. The van der Waals surface area contributed by atoms with Crippen LogP contribution in [0.25, 0.3) is 10.9 Å². The van der Waals surface area contributed by atoms with Crippen molar-refractivity contribution in [2.24, 2.45) is 0 Å². The van der Waals surface area contributed by atoms with Crippen molar-refractivity contribution in [2.75, 3.05) is 6.61 Å². The van der Waals surface area contributed by atoms with Gasteiger partial charge in [-0.3, -0.25) is 4.79 Å². The number of nitrogens with zero attached hydrogens (tertiary/aromatic N) is 1. The molecule has 0 fully saturated rings. The zero-order chi connectivity index (χ0) is 19.7. The lowest BCUT2D eigenvalue weighted by molar-refractivity contribution is 0.0949. The number of aryl methyl sites for hydroxylation is 1. The van der Waals surface area contributed by atoms with Crippen LogP contribution in [-0.2, 0) is 19.5 Å². The van der Waals surface area contributed by atoms with Crippen LogP contribution >= 0.6 is 23.8 Å². The number of nitrogens with one attached hydrogen (secondary N) is 1. The number of hydrogen-bond donors (Lipinski definition) is 1. The van der Waals surface area contributed by atoms with Gasteiger partial charge in [-0.1, -0.05) is 49.3 Å². The number of aromatic nitrogens is 1. The first kappa shape index (κ1) is 19.0. The van der Waals surface area contributed by atoms with Crippen LogP contribution in [0.3, 0.4) is 0 Å². The van der Waals surface area contributed by atoms with Crippen LogP contribution in [-0.4, -0.2) is 17.1 Å². The molecule has 0 radical (unpaired) electrons. The van der Waals surface area contributed by atoms with Crippen LogP contribution in [0, 0.1) is 4.51 Å². The largest absolute Gasteiger partial charge is 0.490 e. The van der Waals surface area contributed by atoms with Crippen molar-refractivity contribution < 1.29 is 9.53 Å². The molecule has 1 aliphatic rings. The normalized spacial score (nSPS) is 12.6. The summed E-state index contributed by atoms with van der Waals surface area (Å²) in [5.74, 6) is 0.686. The van der Waals surface area contributed by atoms with Gasteiger partial charge >= 0.3 is 0 Å². The number of pyridine rings is 1. The van der Waals surface area contributed by atoms with Crippen LogP contribution in [0.1, 0.15) is 34.8 Å². The number of hydrogen-bond acceptors (Lipinski definition) is 3. The minimum atomic E-state index is -0.167. The molecule has 1 amide bonds. The lowest BCUT2D eigenvalue weighted by Crippen LogP contribution is -2.25. The highest BCUT2D eigenvalue weighted by molar-refractivity contribution is 7.71. The summed E-state index contributed by atoms with van der Waals surface area (Å²) in [6.07, 6.45) is 3.85. The monoisotopic (exact) mass is 412 g/mol. The molecular formula is C22H21ClN2O2S. The molecular weight excluding hydrogens is 392 g/mol. The molecule has 4 nitrogen and oxygen atoms in total. The number of amides is 1. The Hall–Kier alpha value is -2.37. The van der Waals surface area contributed by atoms with Crippen LogP contribution < -0.4 is 10.1 Å². The number of carbonyl (C=O) groups excluding carboxylic acids is 1. The maximum Gasteiger partial charge on any atom is 0.254 e. The minimum Gasteiger partial charge on any atom is -0.490 e. The summed E-state index contributed by atoms with van der Waals surface area (Å²) in [6, 6.07) is 11.6. The molecule has 0 aliphatic carbocycles. The molecule has 3 aromatic rings. The zero-order valence-electron chi connectivity index (χ0n) is 15.6. The third kappa shape index (κ3) is 3.64. The minimum absolute atomic E-state index is 0.167. The van der Waals surface area contributed by atoms with Crippen molar-refractivity contribution in [3.05, 3.63) is 68.8 Å². The summed E-state index contributed by atoms with van der Waals surface area (Å²) in [5, 5.41) is 4.56. The Morgan fingerprint density at radius 3 is 2.79 bits per heavy atom. The van der Waals surface area contributed by atoms with E-state index in [9.17, 15) is 4.79 Å². The van der Waals surface area contributed by atoms with Gasteiger partial charge in [0.15, 0.2) is 0 Å². The maximum atomic E-state index is 12.9. The number of ether oxygens (including phenoxy) is 1. The van der Waals surface area contributed by atoms with Crippen molar-refractivity contribution in [1.29, 1.82) is 0 Å². The molecule has 0 saturated carbocycles. The van der Waals surface area contributed by atoms with E-state index < -0.39 is 0 Å². The molecule has 28 heavy (non-hydrogen) atoms. The Morgan fingerprint density at radius 2 is 2.04 bits per heavy atom. The number of benzene rings is 2. The van der Waals surface area contributed by atoms with E-state index in [2.05, 4.69) is 28.9 Å². The van der Waals surface area contributed by atoms with Gasteiger partial charge in [-0.05, 0) is 41.8 Å². The highest BCUT2D eigenvalue weighted by atomic mass is 35.5. The summed E-state index contributed by atoms with van der Waals surface area (Å²) >= 11 is 11.6. The lowest BCUT2D eigenvalue weighted by atomic mass is 10.0. The van der Waals surface area contributed by atoms with Crippen LogP contribution in [0.2, 0.25) is 5.02 Å². The Morgan fingerprint density at radius 1 is 1.25 bits per heavy atom. The van der Waals surface area contributed by atoms with E-state index in [0.717, 1.165) is 35.1 Å². The van der Waals surface area contributed by atoms with Gasteiger partial charge in [-0.2, -0.15) is 0 Å². The Kier molecular flexibility index (Phi) is 5.38. The molecule has 2 heterocycles. The van der Waals surface area contributed by atoms with Crippen LogP contribution in [0.15, 0.2) is 42.6 Å². The molecule has 0 saturated heterocycles. The van der Waals surface area contributed by atoms with E-state index in [1.807, 2.05) is 30.5 Å². The van der Waals surface area contributed by atoms with Gasteiger partial charge in [-0.15, -0.1) is 0 Å². The summed E-state index contributed by atoms with van der Waals surface area (Å²) in [4.78, 5) is 12.9. The quantitative estimate of drug-likeness (QED) is 0.578. The maximum absolute atomic E-state index is 12.9. The zero-order valence-corrected chi connectivity index (χ0v) is 17.2. The first-order valence-electron chi connectivity index (χ1n) is 9.42. The summed E-state index contributed by atoms with van der Waals surface area (Å²) in [5.41, 5.74) is 3.67. The van der Waals surface area contributed by atoms with E-state index in [0.29, 0.717) is 34.8 Å². The molecule has 0 spiro atoms. The predicted octanol–water partition coefficient (Wildman–Crippen LogP) is 5.30. The Bertz CT molecular complexity index is 1110. The molecule has 1 N–H and O–H groups in total. The van der Waals surface area contributed by atoms with Gasteiger partial charge in [-0.25, -0.2) is 0 Å². The third-order valence-electron chi connectivity index (χ3n) is 4.94. The smallest absolute Gasteiger partial charge is 0.254 e.